The first kappa shape index (κ1) is 15.5. The van der Waals surface area contributed by atoms with Crippen molar-refractivity contribution in [3.8, 4) is 0 Å². The van der Waals surface area contributed by atoms with Gasteiger partial charge in [-0.15, -0.1) is 0 Å². The molecule has 0 aromatic carbocycles. The van der Waals surface area contributed by atoms with E-state index in [4.69, 9.17) is 0 Å². The van der Waals surface area contributed by atoms with Gasteiger partial charge in [-0.3, -0.25) is 5.10 Å². The summed E-state index contributed by atoms with van der Waals surface area (Å²) in [4.78, 5) is 0. The number of nitrogens with zero attached hydrogens (tertiary/aromatic N) is 1. The van der Waals surface area contributed by atoms with E-state index in [0.29, 0.717) is 11.3 Å². The summed E-state index contributed by atoms with van der Waals surface area (Å²) in [6, 6.07) is 1.53. The van der Waals surface area contributed by atoms with Crippen LogP contribution in [0.2, 0.25) is 0 Å². The van der Waals surface area contributed by atoms with Crippen LogP contribution in [0, 0.1) is 11.3 Å². The Hall–Kier alpha value is -0.880. The number of nitrogens with one attached hydrogen (secondary N) is 2. The van der Waals surface area contributed by atoms with Gasteiger partial charge in [-0.1, -0.05) is 27.2 Å². The Balaban J connectivity index is 1.92. The maximum absolute atomic E-state index is 12.1. The number of hydrogen-bond donors (Lipinski definition) is 2. The van der Waals surface area contributed by atoms with E-state index in [1.807, 2.05) is 0 Å². The first-order valence-corrected chi connectivity index (χ1v) is 8.85. The summed E-state index contributed by atoms with van der Waals surface area (Å²) in [6.07, 6.45) is 6.65. The lowest BCUT2D eigenvalue weighted by Crippen LogP contribution is -2.40. The standard InChI is InChI=1S/C14H25N3O2S/c1-4-14(2,3)11-5-7-12(8-6-11)17-20(18,19)13-9-10-15-16-13/h9-12,17H,4-8H2,1-3H3,(H,15,16). The van der Waals surface area contributed by atoms with E-state index in [1.165, 1.54) is 18.7 Å². The van der Waals surface area contributed by atoms with Crippen LogP contribution in [0.25, 0.3) is 0 Å². The molecule has 1 aliphatic rings. The van der Waals surface area contributed by atoms with Crippen LogP contribution in [0.1, 0.15) is 52.9 Å². The molecule has 0 atom stereocenters. The molecule has 0 aliphatic heterocycles. The third-order valence-electron chi connectivity index (χ3n) is 4.83. The molecule has 1 saturated carbocycles. The number of hydrogen-bond acceptors (Lipinski definition) is 3. The fraction of sp³-hybridized carbons (Fsp3) is 0.786. The Kier molecular flexibility index (Phi) is 4.54. The fourth-order valence-electron chi connectivity index (χ4n) is 2.96. The molecule has 0 radical (unpaired) electrons. The van der Waals surface area contributed by atoms with Gasteiger partial charge in [0.2, 0.25) is 0 Å². The van der Waals surface area contributed by atoms with Gasteiger partial charge in [-0.25, -0.2) is 13.1 Å². The van der Waals surface area contributed by atoms with E-state index < -0.39 is 10.0 Å². The van der Waals surface area contributed by atoms with E-state index in [-0.39, 0.29) is 11.1 Å². The normalized spacial score (nSPS) is 24.8. The van der Waals surface area contributed by atoms with Crippen LogP contribution in [0.3, 0.4) is 0 Å². The van der Waals surface area contributed by atoms with Gasteiger partial charge >= 0.3 is 0 Å². The highest BCUT2D eigenvalue weighted by Crippen LogP contribution is 2.40. The molecule has 2 N–H and O–H groups in total. The first-order chi connectivity index (χ1) is 9.35. The second-order valence-corrected chi connectivity index (χ2v) is 8.12. The minimum Gasteiger partial charge on any atom is -0.266 e. The second kappa shape index (κ2) is 5.85. The van der Waals surface area contributed by atoms with Crippen molar-refractivity contribution in [1.29, 1.82) is 0 Å². The average Bonchev–Trinajstić information content (AvgIpc) is 2.93. The molecule has 2 rings (SSSR count). The van der Waals surface area contributed by atoms with Gasteiger partial charge < -0.3 is 0 Å². The van der Waals surface area contributed by atoms with Crippen molar-refractivity contribution in [1.82, 2.24) is 14.9 Å². The molecule has 0 bridgehead atoms. The van der Waals surface area contributed by atoms with E-state index >= 15 is 0 Å². The monoisotopic (exact) mass is 299 g/mol. The molecule has 1 fully saturated rings. The molecule has 1 aliphatic carbocycles. The van der Waals surface area contributed by atoms with E-state index in [9.17, 15) is 8.42 Å². The highest BCUT2D eigenvalue weighted by Gasteiger charge is 2.33. The van der Waals surface area contributed by atoms with E-state index in [1.54, 1.807) is 0 Å². The molecule has 114 valence electrons. The molecular weight excluding hydrogens is 274 g/mol. The highest BCUT2D eigenvalue weighted by molar-refractivity contribution is 7.89. The minimum absolute atomic E-state index is 0.0483. The minimum atomic E-state index is -3.44. The summed E-state index contributed by atoms with van der Waals surface area (Å²) in [5, 5.41) is 6.35. The highest BCUT2D eigenvalue weighted by atomic mass is 32.2. The van der Waals surface area contributed by atoms with Crippen molar-refractivity contribution in [3.63, 3.8) is 0 Å². The zero-order chi connectivity index (χ0) is 14.8. The predicted octanol–water partition coefficient (Wildman–Crippen LogP) is 2.68. The summed E-state index contributed by atoms with van der Waals surface area (Å²) in [5.41, 5.74) is 0.354. The van der Waals surface area contributed by atoms with Gasteiger partial charge in [0.05, 0.1) is 6.20 Å². The third-order valence-corrected chi connectivity index (χ3v) is 6.28. The van der Waals surface area contributed by atoms with Gasteiger partial charge in [0.15, 0.2) is 5.03 Å². The van der Waals surface area contributed by atoms with Crippen molar-refractivity contribution < 1.29 is 8.42 Å². The van der Waals surface area contributed by atoms with Gasteiger partial charge in [0, 0.05) is 6.04 Å². The van der Waals surface area contributed by atoms with Gasteiger partial charge in [0.1, 0.15) is 0 Å². The fourth-order valence-corrected chi connectivity index (χ4v) is 4.17. The lowest BCUT2D eigenvalue weighted by atomic mass is 9.69. The van der Waals surface area contributed by atoms with Crippen LogP contribution >= 0.6 is 0 Å². The average molecular weight is 299 g/mol. The quantitative estimate of drug-likeness (QED) is 0.877. The molecule has 0 amide bonds. The molecule has 1 heterocycles. The number of aromatic nitrogens is 2. The molecular formula is C14H25N3O2S. The summed E-state index contributed by atoms with van der Waals surface area (Å²) in [7, 11) is -3.44. The van der Waals surface area contributed by atoms with Crippen molar-refractivity contribution in [2.75, 3.05) is 0 Å². The molecule has 0 spiro atoms. The van der Waals surface area contributed by atoms with Gasteiger partial charge in [-0.05, 0) is 43.1 Å². The van der Waals surface area contributed by atoms with Crippen LogP contribution < -0.4 is 4.72 Å². The summed E-state index contributed by atoms with van der Waals surface area (Å²) >= 11 is 0. The number of H-pyrrole nitrogens is 1. The topological polar surface area (TPSA) is 74.8 Å². The van der Waals surface area contributed by atoms with Gasteiger partial charge in [-0.2, -0.15) is 5.10 Å². The Bertz CT molecular complexity index is 515. The Morgan fingerprint density at radius 3 is 2.50 bits per heavy atom. The van der Waals surface area contributed by atoms with Crippen LogP contribution in [0.15, 0.2) is 17.3 Å². The molecule has 0 unspecified atom stereocenters. The summed E-state index contributed by atoms with van der Waals surface area (Å²) < 4.78 is 27.0. The lowest BCUT2D eigenvalue weighted by Gasteiger charge is -2.38. The molecule has 5 nitrogen and oxygen atoms in total. The zero-order valence-corrected chi connectivity index (χ0v) is 13.3. The number of sulfonamides is 1. The van der Waals surface area contributed by atoms with Crippen molar-refractivity contribution >= 4 is 10.0 Å². The molecule has 1 aromatic heterocycles. The largest absolute Gasteiger partial charge is 0.266 e. The predicted molar refractivity (Wildman–Crippen MR) is 78.7 cm³/mol. The first-order valence-electron chi connectivity index (χ1n) is 7.37. The summed E-state index contributed by atoms with van der Waals surface area (Å²) in [5.74, 6) is 0.695. The van der Waals surface area contributed by atoms with Crippen LogP contribution in [0.5, 0.6) is 0 Å². The van der Waals surface area contributed by atoms with Crippen LogP contribution in [0.4, 0.5) is 0 Å². The van der Waals surface area contributed by atoms with Gasteiger partial charge in [0.25, 0.3) is 10.0 Å². The van der Waals surface area contributed by atoms with E-state index in [0.717, 1.165) is 25.7 Å². The van der Waals surface area contributed by atoms with Crippen molar-refractivity contribution in [2.45, 2.75) is 63.9 Å². The zero-order valence-electron chi connectivity index (χ0n) is 12.5. The second-order valence-electron chi connectivity index (χ2n) is 6.43. The Morgan fingerprint density at radius 1 is 1.35 bits per heavy atom. The third kappa shape index (κ3) is 3.41. The van der Waals surface area contributed by atoms with Crippen LogP contribution in [-0.2, 0) is 10.0 Å². The van der Waals surface area contributed by atoms with E-state index in [2.05, 4.69) is 35.7 Å². The number of aromatic amines is 1. The lowest BCUT2D eigenvalue weighted by molar-refractivity contribution is 0.142. The molecule has 6 heteroatoms. The molecule has 1 aromatic rings. The smallest absolute Gasteiger partial charge is 0.257 e. The number of rotatable bonds is 5. The Labute approximate surface area is 121 Å². The van der Waals surface area contributed by atoms with Crippen LogP contribution in [-0.4, -0.2) is 24.7 Å². The SMILES string of the molecule is CCC(C)(C)C1CCC(NS(=O)(=O)c2ccn[nH]2)CC1. The maximum atomic E-state index is 12.1. The molecule has 0 saturated heterocycles. The molecule has 20 heavy (non-hydrogen) atoms. The maximum Gasteiger partial charge on any atom is 0.257 e. The van der Waals surface area contributed by atoms with Crippen molar-refractivity contribution in [3.05, 3.63) is 12.3 Å². The summed E-state index contributed by atoms with van der Waals surface area (Å²) in [6.45, 7) is 6.85. The van der Waals surface area contributed by atoms with Crippen molar-refractivity contribution in [2.24, 2.45) is 11.3 Å². The Morgan fingerprint density at radius 2 is 2.00 bits per heavy atom.